The number of nitrogens with two attached hydrogens (primary N) is 4. The number of nitrogens with one attached hydrogen (secondary N) is 7. The Kier molecular flexibility index (Phi) is 27.0. The maximum absolute atomic E-state index is 13.9. The fraction of sp³-hybridized carbons (Fsp3) is 0.558. The van der Waals surface area contributed by atoms with Crippen molar-refractivity contribution in [1.82, 2.24) is 37.2 Å². The number of carboxylic acid groups (broad SMARTS) is 4. The van der Waals surface area contributed by atoms with Crippen molar-refractivity contribution in [3.63, 3.8) is 0 Å². The molecule has 1 aromatic carbocycles. The Morgan fingerprint density at radius 2 is 0.917 bits per heavy atom. The van der Waals surface area contributed by atoms with Gasteiger partial charge in [-0.2, -0.15) is 0 Å². The summed E-state index contributed by atoms with van der Waals surface area (Å²) >= 11 is 0. The van der Waals surface area contributed by atoms with Gasteiger partial charge in [0.15, 0.2) is 0 Å². The SMILES string of the molecule is CC[C@H](C)[C@H](NC(=O)[C@H](CCC(=O)O)NC(=O)[C@H](CC(=O)O)NC(=O)[C@H](CCC(=O)O)NC(=O)[C@@H](N)Cc1ccc(O)cc1)C(=O)N[C@@H](CC(N)=O)C(=O)N[C@@H](CC(N)=O)C(=O)N[C@@H](CCCCN)C(=O)O. The van der Waals surface area contributed by atoms with Gasteiger partial charge in [0.25, 0.3) is 0 Å². The third-order valence-electron chi connectivity index (χ3n) is 10.7. The van der Waals surface area contributed by atoms with Gasteiger partial charge in [0, 0.05) is 12.8 Å². The van der Waals surface area contributed by atoms with E-state index in [1.165, 1.54) is 31.2 Å². The Labute approximate surface area is 411 Å². The Morgan fingerprint density at radius 1 is 0.514 bits per heavy atom. The summed E-state index contributed by atoms with van der Waals surface area (Å²) in [6.45, 7) is 3.23. The van der Waals surface area contributed by atoms with Gasteiger partial charge >= 0.3 is 23.9 Å². The summed E-state index contributed by atoms with van der Waals surface area (Å²) in [5, 5.41) is 62.9. The number of benzene rings is 1. The maximum atomic E-state index is 13.9. The smallest absolute Gasteiger partial charge is 0.326 e. The van der Waals surface area contributed by atoms with E-state index < -0.39 is 176 Å². The molecule has 0 radical (unpaired) electrons. The van der Waals surface area contributed by atoms with E-state index >= 15 is 0 Å². The first-order valence-corrected chi connectivity index (χ1v) is 22.5. The highest BCUT2D eigenvalue weighted by Gasteiger charge is 2.37. The zero-order valence-corrected chi connectivity index (χ0v) is 39.6. The summed E-state index contributed by atoms with van der Waals surface area (Å²) in [4.78, 5) is 166. The first-order valence-electron chi connectivity index (χ1n) is 22.5. The molecular formula is C43H65N11O18. The van der Waals surface area contributed by atoms with Crippen LogP contribution in [0.3, 0.4) is 0 Å². The zero-order valence-electron chi connectivity index (χ0n) is 39.6. The molecule has 1 aromatic rings. The second-order valence-corrected chi connectivity index (χ2v) is 16.6. The van der Waals surface area contributed by atoms with Gasteiger partial charge in [-0.3, -0.25) is 57.5 Å². The molecule has 0 saturated carbocycles. The molecule has 1 rings (SSSR count). The second-order valence-electron chi connectivity index (χ2n) is 16.6. The van der Waals surface area contributed by atoms with E-state index in [1.54, 1.807) is 6.92 Å². The number of aliphatic carboxylic acids is 4. The molecule has 0 aliphatic heterocycles. The minimum Gasteiger partial charge on any atom is -0.508 e. The number of phenolic OH excluding ortho intramolecular Hbond substituents is 1. The van der Waals surface area contributed by atoms with Crippen molar-refractivity contribution >= 4 is 77.0 Å². The summed E-state index contributed by atoms with van der Waals surface area (Å²) in [6.07, 6.45) is -5.23. The molecule has 0 aliphatic carbocycles. The molecule has 0 heterocycles. The normalized spacial score (nSPS) is 14.6. The lowest BCUT2D eigenvalue weighted by Crippen LogP contribution is -2.61. The minimum absolute atomic E-state index is 0.0728. The van der Waals surface area contributed by atoms with Crippen LogP contribution in [-0.4, -0.2) is 157 Å². The van der Waals surface area contributed by atoms with Crippen molar-refractivity contribution in [3.8, 4) is 5.75 Å². The number of carboxylic acids is 4. The van der Waals surface area contributed by atoms with Crippen LogP contribution in [0, 0.1) is 5.92 Å². The van der Waals surface area contributed by atoms with Gasteiger partial charge < -0.3 is 85.7 Å². The molecule has 0 aliphatic rings. The van der Waals surface area contributed by atoms with Crippen LogP contribution in [-0.2, 0) is 68.7 Å². The average Bonchev–Trinajstić information content (AvgIpc) is 3.29. The molecule has 0 unspecified atom stereocenters. The maximum Gasteiger partial charge on any atom is 0.326 e. The predicted octanol–water partition coefficient (Wildman–Crippen LogP) is -5.13. The van der Waals surface area contributed by atoms with Crippen molar-refractivity contribution in [2.45, 2.75) is 139 Å². The number of phenols is 1. The van der Waals surface area contributed by atoms with Crippen molar-refractivity contribution < 1.29 is 87.9 Å². The molecule has 72 heavy (non-hydrogen) atoms. The van der Waals surface area contributed by atoms with Crippen LogP contribution in [0.2, 0.25) is 0 Å². The zero-order chi connectivity index (χ0) is 54.8. The fourth-order valence-electron chi connectivity index (χ4n) is 6.59. The van der Waals surface area contributed by atoms with Gasteiger partial charge in [-0.25, -0.2) is 4.79 Å². The highest BCUT2D eigenvalue weighted by molar-refractivity contribution is 6.00. The summed E-state index contributed by atoms with van der Waals surface area (Å²) < 4.78 is 0. The number of aromatic hydroxyl groups is 1. The highest BCUT2D eigenvalue weighted by atomic mass is 16.4. The number of carbonyl (C=O) groups excluding carboxylic acids is 9. The van der Waals surface area contributed by atoms with Gasteiger partial charge in [0.2, 0.25) is 53.2 Å². The van der Waals surface area contributed by atoms with Crippen molar-refractivity contribution in [2.75, 3.05) is 6.54 Å². The third-order valence-corrected chi connectivity index (χ3v) is 10.7. The molecule has 9 atom stereocenters. The van der Waals surface area contributed by atoms with E-state index in [0.717, 1.165) is 0 Å². The van der Waals surface area contributed by atoms with Crippen molar-refractivity contribution in [1.29, 1.82) is 0 Å². The lowest BCUT2D eigenvalue weighted by Gasteiger charge is -2.29. The Morgan fingerprint density at radius 3 is 1.33 bits per heavy atom. The molecule has 0 saturated heterocycles. The molecule has 29 nitrogen and oxygen atoms in total. The third kappa shape index (κ3) is 23.6. The first-order chi connectivity index (χ1) is 33.7. The number of carbonyl (C=O) groups is 13. The van der Waals surface area contributed by atoms with Gasteiger partial charge in [0.05, 0.1) is 25.3 Å². The lowest BCUT2D eigenvalue weighted by atomic mass is 9.96. The van der Waals surface area contributed by atoms with Crippen LogP contribution in [0.4, 0.5) is 0 Å². The number of hydrogen-bond donors (Lipinski definition) is 16. The fourth-order valence-corrected chi connectivity index (χ4v) is 6.59. The van der Waals surface area contributed by atoms with Crippen LogP contribution in [0.1, 0.15) is 90.0 Å². The number of unbranched alkanes of at least 4 members (excludes halogenated alkanes) is 1. The van der Waals surface area contributed by atoms with Crippen LogP contribution in [0.5, 0.6) is 5.75 Å². The Bertz CT molecular complexity index is 2120. The van der Waals surface area contributed by atoms with Crippen LogP contribution in [0.15, 0.2) is 24.3 Å². The van der Waals surface area contributed by atoms with E-state index in [4.69, 9.17) is 22.9 Å². The van der Waals surface area contributed by atoms with E-state index in [-0.39, 0.29) is 38.0 Å². The largest absolute Gasteiger partial charge is 0.508 e. The molecular weight excluding hydrogens is 959 g/mol. The Balaban J connectivity index is 3.45. The first kappa shape index (κ1) is 62.1. The van der Waals surface area contributed by atoms with Crippen LogP contribution in [0.25, 0.3) is 0 Å². The van der Waals surface area contributed by atoms with Crippen molar-refractivity contribution in [2.24, 2.45) is 28.9 Å². The van der Waals surface area contributed by atoms with Crippen molar-refractivity contribution in [3.05, 3.63) is 29.8 Å². The second kappa shape index (κ2) is 31.3. The summed E-state index contributed by atoms with van der Waals surface area (Å²) in [5.41, 5.74) is 22.6. The summed E-state index contributed by atoms with van der Waals surface area (Å²) in [5.74, 6) is -17.8. The number of hydrogen-bond acceptors (Lipinski definition) is 16. The minimum atomic E-state index is -2.07. The van der Waals surface area contributed by atoms with Gasteiger partial charge in [-0.15, -0.1) is 0 Å². The standard InChI is InChI=1S/C43H65N11O18/c1-3-20(2)35(42(70)53-28(18-31(47)57)40(68)51-27(17-30(46)56)39(67)50-26(43(71)72)6-4-5-15-44)54-38(66)25(12-14-33(60)61)49-41(69)29(19-34(62)63)52-37(65)24(11-13-32(58)59)48-36(64)23(45)16-21-7-9-22(55)10-8-21/h7-10,20,23-29,35,55H,3-6,11-19,44-45H2,1-2H3,(H2,46,56)(H2,47,57)(H,48,64)(H,49,69)(H,50,67)(H,51,68)(H,52,65)(H,53,70)(H,54,66)(H,58,59)(H,60,61)(H,62,63)(H,71,72)/t20-,23-,24-,25-,26-,27-,28-,29-,35-/m0/s1. The topological polar surface area (TPSA) is 511 Å². The van der Waals surface area contributed by atoms with E-state index in [1.807, 2.05) is 0 Å². The molecule has 0 spiro atoms. The molecule has 29 heteroatoms. The number of amides is 9. The molecule has 400 valence electrons. The van der Waals surface area contributed by atoms with E-state index in [2.05, 4.69) is 37.2 Å². The molecule has 0 bridgehead atoms. The quantitative estimate of drug-likeness (QED) is 0.0283. The van der Waals surface area contributed by atoms with Gasteiger partial charge in [-0.1, -0.05) is 32.4 Å². The van der Waals surface area contributed by atoms with E-state index in [9.17, 15) is 87.9 Å². The van der Waals surface area contributed by atoms with E-state index in [0.29, 0.717) is 12.0 Å². The van der Waals surface area contributed by atoms with Gasteiger partial charge in [0.1, 0.15) is 48.0 Å². The Hall–Kier alpha value is -7.95. The highest BCUT2D eigenvalue weighted by Crippen LogP contribution is 2.14. The lowest BCUT2D eigenvalue weighted by molar-refractivity contribution is -0.143. The number of primary amides is 2. The molecule has 0 fully saturated rings. The van der Waals surface area contributed by atoms with Crippen LogP contribution < -0.4 is 60.2 Å². The number of rotatable bonds is 35. The monoisotopic (exact) mass is 1020 g/mol. The summed E-state index contributed by atoms with van der Waals surface area (Å²) in [7, 11) is 0. The van der Waals surface area contributed by atoms with Crippen LogP contribution >= 0.6 is 0 Å². The molecule has 20 N–H and O–H groups in total. The molecule has 0 aromatic heterocycles. The van der Waals surface area contributed by atoms with Gasteiger partial charge in [-0.05, 0) is 68.7 Å². The molecule has 9 amide bonds. The average molecular weight is 1020 g/mol. The summed E-state index contributed by atoms with van der Waals surface area (Å²) in [6, 6.07) is -8.36. The predicted molar refractivity (Wildman–Crippen MR) is 247 cm³/mol.